The van der Waals surface area contributed by atoms with E-state index in [0.717, 1.165) is 24.1 Å². The Labute approximate surface area is 215 Å². The van der Waals surface area contributed by atoms with Crippen molar-refractivity contribution in [3.05, 3.63) is 65.0 Å². The molecule has 0 atom stereocenters. The topological polar surface area (TPSA) is 85.2 Å². The zero-order chi connectivity index (χ0) is 26.5. The number of benzene rings is 1. The third-order valence-corrected chi connectivity index (χ3v) is 6.55. The second-order valence-electron chi connectivity index (χ2n) is 11.3. The minimum atomic E-state index is -0.906. The third kappa shape index (κ3) is 4.99. The molecule has 2 aromatic heterocycles. The molecule has 37 heavy (non-hydrogen) atoms. The van der Waals surface area contributed by atoms with Crippen LogP contribution in [-0.2, 0) is 16.8 Å². The molecule has 0 spiro atoms. The van der Waals surface area contributed by atoms with E-state index in [1.807, 2.05) is 40.7 Å². The van der Waals surface area contributed by atoms with E-state index in [0.29, 0.717) is 29.2 Å². The Morgan fingerprint density at radius 3 is 2.59 bits per heavy atom. The van der Waals surface area contributed by atoms with Crippen molar-refractivity contribution in [1.29, 1.82) is 0 Å². The van der Waals surface area contributed by atoms with Crippen LogP contribution in [0.15, 0.2) is 36.5 Å². The van der Waals surface area contributed by atoms with Crippen LogP contribution in [0, 0.1) is 5.82 Å². The average molecular weight is 509 g/mol. The Balaban J connectivity index is 1.42. The molecule has 0 unspecified atom stereocenters. The number of ether oxygens (including phenoxy) is 2. The number of aromatic nitrogens is 2. The van der Waals surface area contributed by atoms with Gasteiger partial charge in [-0.3, -0.25) is 9.20 Å². The zero-order valence-corrected chi connectivity index (χ0v) is 21.9. The summed E-state index contributed by atoms with van der Waals surface area (Å²) in [4.78, 5) is 32.6. The summed E-state index contributed by atoms with van der Waals surface area (Å²) < 4.78 is 28.0. The van der Waals surface area contributed by atoms with Crippen molar-refractivity contribution in [2.75, 3.05) is 13.2 Å². The quantitative estimate of drug-likeness (QED) is 0.527. The number of amides is 2. The Bertz CT molecular complexity index is 1370. The second kappa shape index (κ2) is 9.04. The van der Waals surface area contributed by atoms with Gasteiger partial charge in [-0.25, -0.2) is 14.2 Å². The van der Waals surface area contributed by atoms with Gasteiger partial charge >= 0.3 is 6.09 Å². The van der Waals surface area contributed by atoms with Crippen LogP contribution in [0.4, 0.5) is 9.18 Å². The summed E-state index contributed by atoms with van der Waals surface area (Å²) in [7, 11) is 0. The third-order valence-electron chi connectivity index (χ3n) is 6.55. The number of pyridine rings is 1. The molecule has 0 radical (unpaired) electrons. The van der Waals surface area contributed by atoms with Crippen molar-refractivity contribution in [3.63, 3.8) is 0 Å². The molecular weight excluding hydrogens is 475 g/mol. The molecular formula is C28H33FN4O4. The summed E-state index contributed by atoms with van der Waals surface area (Å²) in [6, 6.07) is 8.39. The number of nitrogens with one attached hydrogen (secondary N) is 1. The Kier molecular flexibility index (Phi) is 6.12. The van der Waals surface area contributed by atoms with E-state index in [2.05, 4.69) is 5.32 Å². The maximum Gasteiger partial charge on any atom is 0.410 e. The number of para-hydroxylation sites is 1. The molecule has 2 amide bonds. The molecule has 1 aliphatic heterocycles. The van der Waals surface area contributed by atoms with Crippen molar-refractivity contribution in [1.82, 2.24) is 19.6 Å². The molecule has 1 fully saturated rings. The lowest BCUT2D eigenvalue weighted by Crippen LogP contribution is -2.42. The number of hydrogen-bond donors (Lipinski definition) is 1. The SMILES string of the molecule is CC(C)(C)OC(=O)N1CCOc2c(cccc2C(=O)NC(C)(C)c2nc(C3CC3)c3c(F)cccn23)C1. The van der Waals surface area contributed by atoms with E-state index in [-0.39, 0.29) is 30.8 Å². The van der Waals surface area contributed by atoms with Crippen LogP contribution in [0.1, 0.15) is 80.8 Å². The van der Waals surface area contributed by atoms with Crippen LogP contribution in [0.25, 0.3) is 5.52 Å². The molecule has 3 heterocycles. The van der Waals surface area contributed by atoms with Crippen molar-refractivity contribution in [2.45, 2.75) is 71.1 Å². The van der Waals surface area contributed by atoms with Gasteiger partial charge in [-0.05, 0) is 65.7 Å². The molecule has 0 bridgehead atoms. The van der Waals surface area contributed by atoms with Gasteiger partial charge < -0.3 is 19.7 Å². The molecule has 9 heteroatoms. The lowest BCUT2D eigenvalue weighted by Gasteiger charge is -2.26. The molecule has 5 rings (SSSR count). The molecule has 8 nitrogen and oxygen atoms in total. The van der Waals surface area contributed by atoms with Crippen LogP contribution >= 0.6 is 0 Å². The van der Waals surface area contributed by atoms with E-state index in [1.165, 1.54) is 6.07 Å². The molecule has 2 aliphatic rings. The maximum absolute atomic E-state index is 14.8. The van der Waals surface area contributed by atoms with Gasteiger partial charge in [0.1, 0.15) is 35.1 Å². The largest absolute Gasteiger partial charge is 0.491 e. The Morgan fingerprint density at radius 1 is 1.14 bits per heavy atom. The van der Waals surface area contributed by atoms with Crippen LogP contribution in [0.5, 0.6) is 5.75 Å². The van der Waals surface area contributed by atoms with Crippen molar-refractivity contribution < 1.29 is 23.5 Å². The van der Waals surface area contributed by atoms with Gasteiger partial charge in [0.15, 0.2) is 0 Å². The van der Waals surface area contributed by atoms with Gasteiger partial charge in [-0.1, -0.05) is 12.1 Å². The fourth-order valence-electron chi connectivity index (χ4n) is 4.70. The van der Waals surface area contributed by atoms with Gasteiger partial charge in [-0.15, -0.1) is 0 Å². The van der Waals surface area contributed by atoms with Gasteiger partial charge in [-0.2, -0.15) is 0 Å². The fraction of sp³-hybridized carbons (Fsp3) is 0.464. The summed E-state index contributed by atoms with van der Waals surface area (Å²) in [5.41, 5.74) is 0.789. The fourth-order valence-corrected chi connectivity index (χ4v) is 4.70. The highest BCUT2D eigenvalue weighted by atomic mass is 19.1. The first-order valence-electron chi connectivity index (χ1n) is 12.7. The first kappa shape index (κ1) is 25.0. The number of carbonyl (C=O) groups is 2. The predicted octanol–water partition coefficient (Wildman–Crippen LogP) is 5.15. The maximum atomic E-state index is 14.8. The van der Waals surface area contributed by atoms with Gasteiger partial charge in [0.05, 0.1) is 29.9 Å². The molecule has 196 valence electrons. The lowest BCUT2D eigenvalue weighted by atomic mass is 10.0. The van der Waals surface area contributed by atoms with Gasteiger partial charge in [0.2, 0.25) is 0 Å². The lowest BCUT2D eigenvalue weighted by molar-refractivity contribution is 0.0225. The minimum Gasteiger partial charge on any atom is -0.491 e. The molecule has 0 saturated heterocycles. The van der Waals surface area contributed by atoms with Crippen molar-refractivity contribution in [2.24, 2.45) is 0 Å². The number of rotatable bonds is 4. The second-order valence-corrected chi connectivity index (χ2v) is 11.3. The highest BCUT2D eigenvalue weighted by Gasteiger charge is 2.36. The van der Waals surface area contributed by atoms with Crippen LogP contribution in [0.3, 0.4) is 0 Å². The summed E-state index contributed by atoms with van der Waals surface area (Å²) in [5, 5.41) is 3.08. The Hall–Kier alpha value is -3.62. The van der Waals surface area contributed by atoms with Gasteiger partial charge in [0.25, 0.3) is 5.91 Å². The highest BCUT2D eigenvalue weighted by Crippen LogP contribution is 2.43. The molecule has 1 saturated carbocycles. The molecule has 3 aromatic rings. The predicted molar refractivity (Wildman–Crippen MR) is 136 cm³/mol. The zero-order valence-electron chi connectivity index (χ0n) is 21.9. The van der Waals surface area contributed by atoms with Crippen LogP contribution < -0.4 is 10.1 Å². The normalized spacial score (nSPS) is 16.1. The van der Waals surface area contributed by atoms with Crippen LogP contribution in [0.2, 0.25) is 0 Å². The number of carbonyl (C=O) groups excluding carboxylic acids is 2. The van der Waals surface area contributed by atoms with E-state index in [9.17, 15) is 14.0 Å². The average Bonchev–Trinajstić information content (AvgIpc) is 3.60. The number of fused-ring (bicyclic) bond motifs is 2. The summed E-state index contributed by atoms with van der Waals surface area (Å²) in [6.45, 7) is 10.0. The van der Waals surface area contributed by atoms with Gasteiger partial charge in [0, 0.05) is 17.7 Å². The molecule has 1 N–H and O–H groups in total. The van der Waals surface area contributed by atoms with E-state index < -0.39 is 17.2 Å². The smallest absolute Gasteiger partial charge is 0.410 e. The standard InChI is InChI=1S/C28H33FN4O4/c1-27(2,3)37-26(35)32-14-15-36-23-18(16-32)8-6-9-19(23)24(34)31-28(4,5)25-30-21(17-11-12-17)22-20(29)10-7-13-33(22)25/h6-10,13,17H,11-12,14-16H2,1-5H3,(H,31,34). The van der Waals surface area contributed by atoms with E-state index in [4.69, 9.17) is 14.5 Å². The molecule has 1 aliphatic carbocycles. The number of hydrogen-bond acceptors (Lipinski definition) is 5. The highest BCUT2D eigenvalue weighted by molar-refractivity contribution is 5.98. The number of nitrogens with zero attached hydrogens (tertiary/aromatic N) is 3. The Morgan fingerprint density at radius 2 is 1.89 bits per heavy atom. The monoisotopic (exact) mass is 508 g/mol. The van der Waals surface area contributed by atoms with Crippen LogP contribution in [-0.4, -0.2) is 45.0 Å². The first-order valence-corrected chi connectivity index (χ1v) is 12.7. The van der Waals surface area contributed by atoms with Crippen molar-refractivity contribution >= 4 is 17.5 Å². The molecule has 1 aromatic carbocycles. The number of imidazole rings is 1. The summed E-state index contributed by atoms with van der Waals surface area (Å²) >= 11 is 0. The number of halogens is 1. The summed E-state index contributed by atoms with van der Waals surface area (Å²) in [5.74, 6) is 0.601. The minimum absolute atomic E-state index is 0.231. The van der Waals surface area contributed by atoms with Crippen molar-refractivity contribution in [3.8, 4) is 5.75 Å². The summed E-state index contributed by atoms with van der Waals surface area (Å²) in [6.07, 6.45) is 3.33. The van der Waals surface area contributed by atoms with E-state index >= 15 is 0 Å². The first-order chi connectivity index (χ1) is 17.4. The van der Waals surface area contributed by atoms with E-state index in [1.54, 1.807) is 33.7 Å².